The molecule has 2 rings (SSSR count). The van der Waals surface area contributed by atoms with Crippen molar-refractivity contribution in [2.24, 2.45) is 4.99 Å². The molecular formula is C23H32IN5O2. The maximum absolute atomic E-state index is 12.3. The molecule has 0 aliphatic heterocycles. The number of nitrogens with one attached hydrogen (secondary N) is 3. The molecule has 0 aliphatic rings. The molecule has 31 heavy (non-hydrogen) atoms. The molecule has 0 atom stereocenters. The number of hydrogen-bond donors (Lipinski definition) is 3. The van der Waals surface area contributed by atoms with E-state index >= 15 is 0 Å². The first-order chi connectivity index (χ1) is 14.4. The Kier molecular flexibility index (Phi) is 11.6. The van der Waals surface area contributed by atoms with Gasteiger partial charge in [-0.15, -0.1) is 24.0 Å². The zero-order valence-corrected chi connectivity index (χ0v) is 20.9. The van der Waals surface area contributed by atoms with Crippen LogP contribution in [-0.4, -0.2) is 49.9 Å². The van der Waals surface area contributed by atoms with E-state index < -0.39 is 0 Å². The van der Waals surface area contributed by atoms with E-state index in [0.29, 0.717) is 24.6 Å². The van der Waals surface area contributed by atoms with Crippen molar-refractivity contribution in [2.45, 2.75) is 26.8 Å². The highest BCUT2D eigenvalue weighted by Crippen LogP contribution is 2.11. The maximum Gasteiger partial charge on any atom is 0.253 e. The number of benzene rings is 2. The molecule has 8 heteroatoms. The molecule has 2 amide bonds. The van der Waals surface area contributed by atoms with Crippen molar-refractivity contribution in [3.8, 4) is 0 Å². The molecule has 168 valence electrons. The Morgan fingerprint density at radius 3 is 2.29 bits per heavy atom. The number of hydrogen-bond acceptors (Lipinski definition) is 3. The van der Waals surface area contributed by atoms with Gasteiger partial charge in [-0.3, -0.25) is 9.59 Å². The standard InChI is InChI=1S/C23H31N5O2.HI/c1-5-17-8-7-9-20(14-17)27-21(29)16-26-23(24-6-2)25-15-18-10-12-19(13-11-18)22(30)28(3)4;/h7-14H,5-6,15-16H2,1-4H3,(H,27,29)(H2,24,25,26);1H. The van der Waals surface area contributed by atoms with Crippen LogP contribution in [0.25, 0.3) is 0 Å². The van der Waals surface area contributed by atoms with Crippen LogP contribution in [0.4, 0.5) is 5.69 Å². The van der Waals surface area contributed by atoms with E-state index in [9.17, 15) is 9.59 Å². The molecular weight excluding hydrogens is 505 g/mol. The molecule has 0 aliphatic carbocycles. The summed E-state index contributed by atoms with van der Waals surface area (Å²) >= 11 is 0. The van der Waals surface area contributed by atoms with E-state index in [1.807, 2.05) is 43.3 Å². The van der Waals surface area contributed by atoms with Gasteiger partial charge in [-0.2, -0.15) is 0 Å². The van der Waals surface area contributed by atoms with Gasteiger partial charge in [-0.25, -0.2) is 4.99 Å². The lowest BCUT2D eigenvalue weighted by atomic mass is 10.1. The van der Waals surface area contributed by atoms with Gasteiger partial charge < -0.3 is 20.9 Å². The zero-order chi connectivity index (χ0) is 21.9. The van der Waals surface area contributed by atoms with Crippen LogP contribution in [0.1, 0.15) is 35.3 Å². The largest absolute Gasteiger partial charge is 0.357 e. The number of carbonyl (C=O) groups is 2. The van der Waals surface area contributed by atoms with E-state index in [1.54, 1.807) is 31.1 Å². The van der Waals surface area contributed by atoms with E-state index in [0.717, 1.165) is 17.7 Å². The molecule has 0 heterocycles. The summed E-state index contributed by atoms with van der Waals surface area (Å²) in [6, 6.07) is 15.2. The number of nitrogens with zero attached hydrogens (tertiary/aromatic N) is 2. The molecule has 0 spiro atoms. The third-order valence-electron chi connectivity index (χ3n) is 4.41. The number of amides is 2. The predicted octanol–water partition coefficient (Wildman–Crippen LogP) is 3.26. The van der Waals surface area contributed by atoms with Gasteiger partial charge in [0, 0.05) is 31.9 Å². The van der Waals surface area contributed by atoms with Crippen LogP contribution < -0.4 is 16.0 Å². The number of halogens is 1. The van der Waals surface area contributed by atoms with E-state index in [4.69, 9.17) is 0 Å². The molecule has 0 fully saturated rings. The number of guanidine groups is 1. The number of anilines is 1. The lowest BCUT2D eigenvalue weighted by Gasteiger charge is -2.12. The van der Waals surface area contributed by atoms with E-state index in [1.165, 1.54) is 5.56 Å². The van der Waals surface area contributed by atoms with Crippen molar-refractivity contribution < 1.29 is 9.59 Å². The molecule has 0 saturated carbocycles. The van der Waals surface area contributed by atoms with E-state index in [-0.39, 0.29) is 42.3 Å². The second kappa shape index (κ2) is 13.6. The number of rotatable bonds is 8. The lowest BCUT2D eigenvalue weighted by molar-refractivity contribution is -0.115. The van der Waals surface area contributed by atoms with Crippen molar-refractivity contribution in [2.75, 3.05) is 32.5 Å². The summed E-state index contributed by atoms with van der Waals surface area (Å²) < 4.78 is 0. The number of carbonyl (C=O) groups excluding carboxylic acids is 2. The Labute approximate surface area is 201 Å². The van der Waals surface area contributed by atoms with Crippen LogP contribution in [0.5, 0.6) is 0 Å². The van der Waals surface area contributed by atoms with Crippen molar-refractivity contribution in [1.29, 1.82) is 0 Å². The van der Waals surface area contributed by atoms with Gasteiger partial charge in [0.05, 0.1) is 13.1 Å². The SMILES string of the molecule is CCNC(=NCc1ccc(C(=O)N(C)C)cc1)NCC(=O)Nc1cccc(CC)c1.I. The minimum Gasteiger partial charge on any atom is -0.357 e. The molecule has 2 aromatic carbocycles. The third-order valence-corrected chi connectivity index (χ3v) is 4.41. The monoisotopic (exact) mass is 537 g/mol. The Balaban J connectivity index is 0.00000480. The van der Waals surface area contributed by atoms with Crippen LogP contribution >= 0.6 is 24.0 Å². The van der Waals surface area contributed by atoms with Gasteiger partial charge in [0.1, 0.15) is 0 Å². The van der Waals surface area contributed by atoms with Gasteiger partial charge >= 0.3 is 0 Å². The van der Waals surface area contributed by atoms with Crippen LogP contribution in [0, 0.1) is 0 Å². The van der Waals surface area contributed by atoms with Crippen molar-refractivity contribution in [3.05, 3.63) is 65.2 Å². The Hall–Kier alpha value is -2.62. The van der Waals surface area contributed by atoms with Crippen molar-refractivity contribution >= 4 is 47.4 Å². The fourth-order valence-electron chi connectivity index (χ4n) is 2.76. The van der Waals surface area contributed by atoms with Crippen LogP contribution in [0.2, 0.25) is 0 Å². The minimum absolute atomic E-state index is 0. The first-order valence-electron chi connectivity index (χ1n) is 10.1. The van der Waals surface area contributed by atoms with Gasteiger partial charge in [0.25, 0.3) is 5.91 Å². The van der Waals surface area contributed by atoms with Gasteiger partial charge in [-0.05, 0) is 48.7 Å². The fraction of sp³-hybridized carbons (Fsp3) is 0.348. The normalized spacial score (nSPS) is 10.6. The summed E-state index contributed by atoms with van der Waals surface area (Å²) in [6.45, 7) is 5.27. The molecule has 7 nitrogen and oxygen atoms in total. The summed E-state index contributed by atoms with van der Waals surface area (Å²) in [6.07, 6.45) is 0.920. The molecule has 0 aromatic heterocycles. The average Bonchev–Trinajstić information content (AvgIpc) is 2.75. The third kappa shape index (κ3) is 8.95. The lowest BCUT2D eigenvalue weighted by Crippen LogP contribution is -2.41. The first-order valence-corrected chi connectivity index (χ1v) is 10.1. The molecule has 0 radical (unpaired) electrons. The predicted molar refractivity (Wildman–Crippen MR) is 137 cm³/mol. The zero-order valence-electron chi connectivity index (χ0n) is 18.6. The Morgan fingerprint density at radius 2 is 1.68 bits per heavy atom. The summed E-state index contributed by atoms with van der Waals surface area (Å²) in [5.41, 5.74) is 3.58. The first kappa shape index (κ1) is 26.4. The Morgan fingerprint density at radius 1 is 0.968 bits per heavy atom. The quantitative estimate of drug-likeness (QED) is 0.274. The molecule has 0 saturated heterocycles. The Bertz CT molecular complexity index is 882. The van der Waals surface area contributed by atoms with Crippen molar-refractivity contribution in [1.82, 2.24) is 15.5 Å². The van der Waals surface area contributed by atoms with Crippen molar-refractivity contribution in [3.63, 3.8) is 0 Å². The second-order valence-corrected chi connectivity index (χ2v) is 7.05. The van der Waals surface area contributed by atoms with Crippen LogP contribution in [0.15, 0.2) is 53.5 Å². The second-order valence-electron chi connectivity index (χ2n) is 7.05. The van der Waals surface area contributed by atoms with Crippen LogP contribution in [-0.2, 0) is 17.8 Å². The summed E-state index contributed by atoms with van der Waals surface area (Å²) in [4.78, 5) is 30.3. The smallest absolute Gasteiger partial charge is 0.253 e. The average molecular weight is 537 g/mol. The summed E-state index contributed by atoms with van der Waals surface area (Å²) in [7, 11) is 3.46. The topological polar surface area (TPSA) is 85.8 Å². The highest BCUT2D eigenvalue weighted by Gasteiger charge is 2.08. The summed E-state index contributed by atoms with van der Waals surface area (Å²) in [5.74, 6) is 0.388. The molecule has 0 bridgehead atoms. The van der Waals surface area contributed by atoms with E-state index in [2.05, 4.69) is 27.9 Å². The molecule has 2 aromatic rings. The number of aryl methyl sites for hydroxylation is 1. The molecule has 3 N–H and O–H groups in total. The van der Waals surface area contributed by atoms with Gasteiger partial charge in [0.15, 0.2) is 5.96 Å². The van der Waals surface area contributed by atoms with Crippen LogP contribution in [0.3, 0.4) is 0 Å². The summed E-state index contributed by atoms with van der Waals surface area (Å²) in [5, 5.41) is 9.08. The minimum atomic E-state index is -0.139. The van der Waals surface area contributed by atoms with Gasteiger partial charge in [0.2, 0.25) is 5.91 Å². The number of aliphatic imine (C=N–C) groups is 1. The fourth-order valence-corrected chi connectivity index (χ4v) is 2.76. The van der Waals surface area contributed by atoms with Gasteiger partial charge in [-0.1, -0.05) is 31.2 Å². The highest BCUT2D eigenvalue weighted by molar-refractivity contribution is 14.0. The maximum atomic E-state index is 12.3. The molecule has 0 unspecified atom stereocenters. The highest BCUT2D eigenvalue weighted by atomic mass is 127.